The Morgan fingerprint density at radius 3 is 2.58 bits per heavy atom. The van der Waals surface area contributed by atoms with E-state index in [2.05, 4.69) is 0 Å². The number of halogens is 1. The van der Waals surface area contributed by atoms with E-state index in [4.69, 9.17) is 16.9 Å². The summed E-state index contributed by atoms with van der Waals surface area (Å²) in [6, 6.07) is 6.12. The van der Waals surface area contributed by atoms with E-state index in [1.165, 1.54) is 29.6 Å². The van der Waals surface area contributed by atoms with Crippen LogP contribution >= 0.6 is 11.6 Å². The van der Waals surface area contributed by atoms with Gasteiger partial charge in [-0.3, -0.25) is 0 Å². The van der Waals surface area contributed by atoms with E-state index in [-0.39, 0.29) is 15.8 Å². The van der Waals surface area contributed by atoms with Crippen molar-refractivity contribution in [3.05, 3.63) is 28.8 Å². The lowest BCUT2D eigenvalue weighted by molar-refractivity contribution is 0.393. The Morgan fingerprint density at radius 1 is 1.47 bits per heavy atom. The summed E-state index contributed by atoms with van der Waals surface area (Å²) >= 11 is 5.95. The van der Waals surface area contributed by atoms with Gasteiger partial charge in [0.2, 0.25) is 10.0 Å². The SMILES string of the molecule is CCC(C)CN(C)S(=O)(=O)c1ccc(C#N)cc1Cl. The van der Waals surface area contributed by atoms with Crippen LogP contribution < -0.4 is 0 Å². The molecule has 104 valence electrons. The Balaban J connectivity index is 3.10. The number of nitrogens with zero attached hydrogens (tertiary/aromatic N) is 2. The third-order valence-electron chi connectivity index (χ3n) is 3.01. The van der Waals surface area contributed by atoms with Gasteiger partial charge in [0.1, 0.15) is 4.90 Å². The second-order valence-corrected chi connectivity index (χ2v) is 6.98. The number of sulfonamides is 1. The van der Waals surface area contributed by atoms with Gasteiger partial charge in [-0.15, -0.1) is 0 Å². The molecular formula is C13H17ClN2O2S. The molecular weight excluding hydrogens is 284 g/mol. The predicted molar refractivity (Wildman–Crippen MR) is 75.4 cm³/mol. The van der Waals surface area contributed by atoms with Gasteiger partial charge in [0.25, 0.3) is 0 Å². The van der Waals surface area contributed by atoms with Crippen molar-refractivity contribution in [3.63, 3.8) is 0 Å². The number of rotatable bonds is 5. The van der Waals surface area contributed by atoms with Crippen LogP contribution in [0, 0.1) is 17.2 Å². The summed E-state index contributed by atoms with van der Waals surface area (Å²) in [6.07, 6.45) is 0.904. The first kappa shape index (κ1) is 16.0. The molecule has 0 aliphatic heterocycles. The molecule has 1 rings (SSSR count). The van der Waals surface area contributed by atoms with E-state index in [1.54, 1.807) is 0 Å². The molecule has 0 amide bonds. The van der Waals surface area contributed by atoms with Crippen molar-refractivity contribution in [1.29, 1.82) is 5.26 Å². The van der Waals surface area contributed by atoms with Crippen molar-refractivity contribution < 1.29 is 8.42 Å². The highest BCUT2D eigenvalue weighted by Gasteiger charge is 2.24. The first-order valence-corrected chi connectivity index (χ1v) is 7.80. The van der Waals surface area contributed by atoms with Crippen LogP contribution in [0.5, 0.6) is 0 Å². The Kier molecular flexibility index (Phi) is 5.36. The van der Waals surface area contributed by atoms with Gasteiger partial charge in [0, 0.05) is 13.6 Å². The molecule has 0 fully saturated rings. The summed E-state index contributed by atoms with van der Waals surface area (Å²) in [6.45, 7) is 4.45. The Hall–Kier alpha value is -1.09. The van der Waals surface area contributed by atoms with Crippen molar-refractivity contribution in [2.24, 2.45) is 5.92 Å². The van der Waals surface area contributed by atoms with Crippen molar-refractivity contribution >= 4 is 21.6 Å². The quantitative estimate of drug-likeness (QED) is 0.840. The van der Waals surface area contributed by atoms with Crippen LogP contribution in [0.4, 0.5) is 0 Å². The van der Waals surface area contributed by atoms with Crippen molar-refractivity contribution in [2.45, 2.75) is 25.2 Å². The largest absolute Gasteiger partial charge is 0.244 e. The fraction of sp³-hybridized carbons (Fsp3) is 0.462. The average molecular weight is 301 g/mol. The summed E-state index contributed by atoms with van der Waals surface area (Å²) in [5, 5.41) is 8.83. The summed E-state index contributed by atoms with van der Waals surface area (Å²) in [4.78, 5) is 0.0407. The highest BCUT2D eigenvalue weighted by atomic mass is 35.5. The van der Waals surface area contributed by atoms with Gasteiger partial charge >= 0.3 is 0 Å². The highest BCUT2D eigenvalue weighted by Crippen LogP contribution is 2.25. The zero-order valence-electron chi connectivity index (χ0n) is 11.2. The van der Waals surface area contributed by atoms with Crippen LogP contribution in [0.2, 0.25) is 5.02 Å². The van der Waals surface area contributed by atoms with Crippen molar-refractivity contribution in [3.8, 4) is 6.07 Å². The van der Waals surface area contributed by atoms with E-state index in [0.29, 0.717) is 12.1 Å². The first-order valence-electron chi connectivity index (χ1n) is 5.99. The van der Waals surface area contributed by atoms with E-state index in [9.17, 15) is 8.42 Å². The van der Waals surface area contributed by atoms with Gasteiger partial charge < -0.3 is 0 Å². The Labute approximate surface area is 119 Å². The minimum Gasteiger partial charge on any atom is -0.207 e. The fourth-order valence-corrected chi connectivity index (χ4v) is 3.42. The lowest BCUT2D eigenvalue weighted by Gasteiger charge is -2.21. The third kappa shape index (κ3) is 3.69. The van der Waals surface area contributed by atoms with Crippen LogP contribution in [0.15, 0.2) is 23.1 Å². The molecule has 0 saturated carbocycles. The maximum absolute atomic E-state index is 12.4. The third-order valence-corrected chi connectivity index (χ3v) is 5.32. The van der Waals surface area contributed by atoms with Crippen LogP contribution in [-0.4, -0.2) is 26.3 Å². The smallest absolute Gasteiger partial charge is 0.207 e. The number of hydrogen-bond donors (Lipinski definition) is 0. The molecule has 0 radical (unpaired) electrons. The van der Waals surface area contributed by atoms with Crippen molar-refractivity contribution in [1.82, 2.24) is 4.31 Å². The molecule has 1 aromatic carbocycles. The normalized spacial score (nSPS) is 13.3. The van der Waals surface area contributed by atoms with Crippen molar-refractivity contribution in [2.75, 3.05) is 13.6 Å². The summed E-state index contributed by atoms with van der Waals surface area (Å²) in [5.74, 6) is 0.275. The van der Waals surface area contributed by atoms with Gasteiger partial charge in [0.15, 0.2) is 0 Å². The molecule has 4 nitrogen and oxygen atoms in total. The van der Waals surface area contributed by atoms with E-state index >= 15 is 0 Å². The number of benzene rings is 1. The second kappa shape index (κ2) is 6.38. The van der Waals surface area contributed by atoms with Gasteiger partial charge in [-0.1, -0.05) is 31.9 Å². The maximum atomic E-state index is 12.4. The molecule has 0 saturated heterocycles. The van der Waals surface area contributed by atoms with E-state index < -0.39 is 10.0 Å². The van der Waals surface area contributed by atoms with Gasteiger partial charge in [0.05, 0.1) is 16.7 Å². The zero-order chi connectivity index (χ0) is 14.6. The molecule has 0 N–H and O–H groups in total. The van der Waals surface area contributed by atoms with Crippen LogP contribution in [0.3, 0.4) is 0 Å². The molecule has 0 spiro atoms. The highest BCUT2D eigenvalue weighted by molar-refractivity contribution is 7.89. The molecule has 0 aliphatic carbocycles. The Morgan fingerprint density at radius 2 is 2.11 bits per heavy atom. The Bertz CT molecular complexity index is 593. The summed E-state index contributed by atoms with van der Waals surface area (Å²) < 4.78 is 26.0. The van der Waals surface area contributed by atoms with Gasteiger partial charge in [-0.25, -0.2) is 12.7 Å². The van der Waals surface area contributed by atoms with Crippen LogP contribution in [0.1, 0.15) is 25.8 Å². The second-order valence-electron chi connectivity index (χ2n) is 4.56. The first-order chi connectivity index (χ1) is 8.82. The fourth-order valence-electron chi connectivity index (χ4n) is 1.61. The standard InChI is InChI=1S/C13H17ClN2O2S/c1-4-10(2)9-16(3)19(17,18)13-6-5-11(8-15)7-12(13)14/h5-7,10H,4,9H2,1-3H3. The molecule has 1 unspecified atom stereocenters. The molecule has 1 aromatic rings. The molecule has 0 heterocycles. The lowest BCUT2D eigenvalue weighted by Crippen LogP contribution is -2.31. The monoisotopic (exact) mass is 300 g/mol. The summed E-state index contributed by atoms with van der Waals surface area (Å²) in [5.41, 5.74) is 0.341. The van der Waals surface area contributed by atoms with Gasteiger partial charge in [-0.05, 0) is 24.1 Å². The zero-order valence-corrected chi connectivity index (χ0v) is 12.8. The minimum atomic E-state index is -3.61. The maximum Gasteiger partial charge on any atom is 0.244 e. The van der Waals surface area contributed by atoms with Crippen LogP contribution in [-0.2, 0) is 10.0 Å². The number of nitriles is 1. The lowest BCUT2D eigenvalue weighted by atomic mass is 10.1. The minimum absolute atomic E-state index is 0.0407. The number of hydrogen-bond acceptors (Lipinski definition) is 3. The molecule has 19 heavy (non-hydrogen) atoms. The average Bonchev–Trinajstić information content (AvgIpc) is 2.37. The molecule has 0 aromatic heterocycles. The predicted octanol–water partition coefficient (Wildman–Crippen LogP) is 2.88. The van der Waals surface area contributed by atoms with E-state index in [1.807, 2.05) is 19.9 Å². The molecule has 1 atom stereocenters. The molecule has 0 bridgehead atoms. The topological polar surface area (TPSA) is 61.2 Å². The molecule has 6 heteroatoms. The van der Waals surface area contributed by atoms with E-state index in [0.717, 1.165) is 6.42 Å². The summed E-state index contributed by atoms with van der Waals surface area (Å²) in [7, 11) is -2.07. The van der Waals surface area contributed by atoms with Crippen LogP contribution in [0.25, 0.3) is 0 Å². The molecule has 0 aliphatic rings. The van der Waals surface area contributed by atoms with Gasteiger partial charge in [-0.2, -0.15) is 5.26 Å².